The van der Waals surface area contributed by atoms with E-state index in [4.69, 9.17) is 0 Å². The van der Waals surface area contributed by atoms with Gasteiger partial charge in [0.25, 0.3) is 0 Å². The molecule has 0 bridgehead atoms. The Bertz CT molecular complexity index is 138. The van der Waals surface area contributed by atoms with Gasteiger partial charge in [0.2, 0.25) is 0 Å². The Morgan fingerprint density at radius 3 is 2.25 bits per heavy atom. The molecule has 72 valence electrons. The van der Waals surface area contributed by atoms with Crippen LogP contribution in [-0.4, -0.2) is 10.7 Å². The van der Waals surface area contributed by atoms with Gasteiger partial charge in [-0.25, -0.2) is 0 Å². The van der Waals surface area contributed by atoms with Crippen molar-refractivity contribution in [2.45, 2.75) is 58.5 Å². The molecule has 0 aliphatic heterocycles. The molecule has 12 heavy (non-hydrogen) atoms. The molecular weight excluding hydrogens is 148 g/mol. The third-order valence-corrected chi connectivity index (χ3v) is 3.47. The van der Waals surface area contributed by atoms with Gasteiger partial charge in [0.05, 0.1) is 5.60 Å². The van der Waals surface area contributed by atoms with E-state index in [1.165, 1.54) is 19.3 Å². The summed E-state index contributed by atoms with van der Waals surface area (Å²) < 4.78 is 0. The molecule has 0 saturated heterocycles. The SMILES string of the molecule is CCC(C)CCC(C)C1(O)CC1. The van der Waals surface area contributed by atoms with E-state index >= 15 is 0 Å². The highest BCUT2D eigenvalue weighted by Crippen LogP contribution is 2.44. The van der Waals surface area contributed by atoms with Gasteiger partial charge >= 0.3 is 0 Å². The van der Waals surface area contributed by atoms with Crippen molar-refractivity contribution in [1.82, 2.24) is 0 Å². The molecule has 0 aromatic carbocycles. The molecule has 0 amide bonds. The summed E-state index contributed by atoms with van der Waals surface area (Å²) in [5.74, 6) is 1.35. The van der Waals surface area contributed by atoms with E-state index in [9.17, 15) is 5.11 Å². The minimum Gasteiger partial charge on any atom is -0.390 e. The Labute approximate surface area is 76.2 Å². The Kier molecular flexibility index (Phi) is 3.16. The van der Waals surface area contributed by atoms with E-state index in [1.54, 1.807) is 0 Å². The molecule has 2 atom stereocenters. The molecule has 1 saturated carbocycles. The molecule has 1 rings (SSSR count). The maximum atomic E-state index is 9.78. The first-order valence-corrected chi connectivity index (χ1v) is 5.31. The summed E-state index contributed by atoms with van der Waals surface area (Å²) in [5.41, 5.74) is -0.256. The molecule has 0 radical (unpaired) electrons. The smallest absolute Gasteiger partial charge is 0.0675 e. The lowest BCUT2D eigenvalue weighted by Gasteiger charge is -2.19. The van der Waals surface area contributed by atoms with Gasteiger partial charge in [-0.05, 0) is 31.1 Å². The van der Waals surface area contributed by atoms with Crippen LogP contribution in [0.15, 0.2) is 0 Å². The summed E-state index contributed by atoms with van der Waals surface area (Å²) in [6.07, 6.45) is 5.82. The Hall–Kier alpha value is -0.0400. The second-order valence-electron chi connectivity index (χ2n) is 4.60. The second-order valence-corrected chi connectivity index (χ2v) is 4.60. The largest absolute Gasteiger partial charge is 0.390 e. The van der Waals surface area contributed by atoms with Crippen molar-refractivity contribution in [2.75, 3.05) is 0 Å². The van der Waals surface area contributed by atoms with E-state index in [0.29, 0.717) is 5.92 Å². The Morgan fingerprint density at radius 2 is 1.83 bits per heavy atom. The predicted molar refractivity (Wildman–Crippen MR) is 52.0 cm³/mol. The van der Waals surface area contributed by atoms with Crippen LogP contribution in [-0.2, 0) is 0 Å². The summed E-state index contributed by atoms with van der Waals surface area (Å²) in [6, 6.07) is 0. The van der Waals surface area contributed by atoms with Gasteiger partial charge in [-0.3, -0.25) is 0 Å². The van der Waals surface area contributed by atoms with Gasteiger partial charge < -0.3 is 5.11 Å². The van der Waals surface area contributed by atoms with Crippen LogP contribution >= 0.6 is 0 Å². The molecule has 1 fully saturated rings. The zero-order valence-corrected chi connectivity index (χ0v) is 8.64. The van der Waals surface area contributed by atoms with Gasteiger partial charge in [-0.1, -0.05) is 33.6 Å². The molecule has 1 aliphatic carbocycles. The fourth-order valence-corrected chi connectivity index (χ4v) is 1.63. The van der Waals surface area contributed by atoms with E-state index in [2.05, 4.69) is 20.8 Å². The van der Waals surface area contributed by atoms with Gasteiger partial charge in [0.15, 0.2) is 0 Å². The zero-order chi connectivity index (χ0) is 9.19. The van der Waals surface area contributed by atoms with Crippen LogP contribution in [0.1, 0.15) is 52.9 Å². The first-order valence-electron chi connectivity index (χ1n) is 5.31. The minimum atomic E-state index is -0.256. The first-order chi connectivity index (χ1) is 5.58. The fourth-order valence-electron chi connectivity index (χ4n) is 1.63. The molecule has 1 N–H and O–H groups in total. The molecule has 0 aromatic rings. The standard InChI is InChI=1S/C11H22O/c1-4-9(2)5-6-10(3)11(12)7-8-11/h9-10,12H,4-8H2,1-3H3. The second kappa shape index (κ2) is 3.78. The van der Waals surface area contributed by atoms with E-state index in [1.807, 2.05) is 0 Å². The molecule has 1 aliphatic rings. The number of aliphatic hydroxyl groups is 1. The lowest BCUT2D eigenvalue weighted by Crippen LogP contribution is -2.19. The van der Waals surface area contributed by atoms with E-state index in [-0.39, 0.29) is 5.60 Å². The summed E-state index contributed by atoms with van der Waals surface area (Å²) in [7, 11) is 0. The van der Waals surface area contributed by atoms with Gasteiger partial charge in [-0.2, -0.15) is 0 Å². The van der Waals surface area contributed by atoms with Crippen LogP contribution in [0.25, 0.3) is 0 Å². The van der Waals surface area contributed by atoms with Crippen LogP contribution in [0.5, 0.6) is 0 Å². The van der Waals surface area contributed by atoms with Gasteiger partial charge in [0, 0.05) is 0 Å². The van der Waals surface area contributed by atoms with Crippen LogP contribution < -0.4 is 0 Å². The topological polar surface area (TPSA) is 20.2 Å². The quantitative estimate of drug-likeness (QED) is 0.672. The molecule has 0 aromatic heterocycles. The maximum absolute atomic E-state index is 9.78. The van der Waals surface area contributed by atoms with Crippen LogP contribution in [0.4, 0.5) is 0 Å². The summed E-state index contributed by atoms with van der Waals surface area (Å²) in [6.45, 7) is 6.72. The highest BCUT2D eigenvalue weighted by molar-refractivity contribution is 4.97. The van der Waals surface area contributed by atoms with Crippen molar-refractivity contribution in [3.8, 4) is 0 Å². The van der Waals surface area contributed by atoms with Crippen LogP contribution in [0.2, 0.25) is 0 Å². The monoisotopic (exact) mass is 170 g/mol. The highest BCUT2D eigenvalue weighted by atomic mass is 16.3. The average Bonchev–Trinajstić information content (AvgIpc) is 2.80. The highest BCUT2D eigenvalue weighted by Gasteiger charge is 2.44. The number of hydrogen-bond acceptors (Lipinski definition) is 1. The van der Waals surface area contributed by atoms with Crippen molar-refractivity contribution in [1.29, 1.82) is 0 Å². The van der Waals surface area contributed by atoms with Gasteiger partial charge in [-0.15, -0.1) is 0 Å². The number of rotatable bonds is 5. The average molecular weight is 170 g/mol. The third-order valence-electron chi connectivity index (χ3n) is 3.47. The Balaban J connectivity index is 2.14. The third kappa shape index (κ3) is 2.48. The molecular formula is C11H22O. The van der Waals surface area contributed by atoms with Crippen molar-refractivity contribution in [3.63, 3.8) is 0 Å². The fraction of sp³-hybridized carbons (Fsp3) is 1.00. The van der Waals surface area contributed by atoms with E-state index in [0.717, 1.165) is 18.8 Å². The normalized spacial score (nSPS) is 25.0. The van der Waals surface area contributed by atoms with E-state index < -0.39 is 0 Å². The molecule has 0 spiro atoms. The lowest BCUT2D eigenvalue weighted by atomic mass is 9.92. The zero-order valence-electron chi connectivity index (χ0n) is 8.64. The van der Waals surface area contributed by atoms with Crippen molar-refractivity contribution in [3.05, 3.63) is 0 Å². The van der Waals surface area contributed by atoms with Crippen LogP contribution in [0.3, 0.4) is 0 Å². The number of hydrogen-bond donors (Lipinski definition) is 1. The Morgan fingerprint density at radius 1 is 1.25 bits per heavy atom. The summed E-state index contributed by atoms with van der Waals surface area (Å²) in [5, 5.41) is 9.78. The van der Waals surface area contributed by atoms with Crippen molar-refractivity contribution in [2.24, 2.45) is 11.8 Å². The maximum Gasteiger partial charge on any atom is 0.0675 e. The molecule has 1 nitrogen and oxygen atoms in total. The molecule has 2 unspecified atom stereocenters. The summed E-state index contributed by atoms with van der Waals surface area (Å²) >= 11 is 0. The molecule has 0 heterocycles. The van der Waals surface area contributed by atoms with Gasteiger partial charge in [0.1, 0.15) is 0 Å². The minimum absolute atomic E-state index is 0.256. The van der Waals surface area contributed by atoms with Crippen LogP contribution in [0, 0.1) is 11.8 Å². The van der Waals surface area contributed by atoms with Crippen molar-refractivity contribution >= 4 is 0 Å². The molecule has 1 heteroatoms. The lowest BCUT2D eigenvalue weighted by molar-refractivity contribution is 0.0829. The predicted octanol–water partition coefficient (Wildman–Crippen LogP) is 2.97. The first kappa shape index (κ1) is 10.0. The summed E-state index contributed by atoms with van der Waals surface area (Å²) in [4.78, 5) is 0. The van der Waals surface area contributed by atoms with Crippen molar-refractivity contribution < 1.29 is 5.11 Å².